The first-order chi connectivity index (χ1) is 13.2. The quantitative estimate of drug-likeness (QED) is 0.687. The van der Waals surface area contributed by atoms with Crippen LogP contribution in [0.2, 0.25) is 0 Å². The molecule has 2 atom stereocenters. The van der Waals surface area contributed by atoms with E-state index in [0.717, 1.165) is 30.0 Å². The standard InChI is InChI=1S/C21H23N3O3/c1-15-12-24(2)13-19(26-15)21-22-20(23-27-21)17-10-6-7-11-18(17)25-14-16-8-4-3-5-9-16/h3-11,15,19H,12-14H2,1-2H3/t15-,19-/m1/s1. The summed E-state index contributed by atoms with van der Waals surface area (Å²) >= 11 is 0. The molecule has 0 N–H and O–H groups in total. The number of nitrogens with zero attached hydrogens (tertiary/aromatic N) is 3. The van der Waals surface area contributed by atoms with Crippen LogP contribution in [0.3, 0.4) is 0 Å². The Hall–Kier alpha value is -2.70. The van der Waals surface area contributed by atoms with Crippen molar-refractivity contribution in [3.8, 4) is 17.1 Å². The average Bonchev–Trinajstić information content (AvgIpc) is 3.17. The first kappa shape index (κ1) is 17.7. The fourth-order valence-electron chi connectivity index (χ4n) is 3.29. The fraction of sp³-hybridized carbons (Fsp3) is 0.333. The Kier molecular flexibility index (Phi) is 5.18. The summed E-state index contributed by atoms with van der Waals surface area (Å²) < 4.78 is 17.5. The van der Waals surface area contributed by atoms with Crippen molar-refractivity contribution in [2.75, 3.05) is 20.1 Å². The van der Waals surface area contributed by atoms with Gasteiger partial charge in [0.15, 0.2) is 0 Å². The highest BCUT2D eigenvalue weighted by Crippen LogP contribution is 2.30. The van der Waals surface area contributed by atoms with Gasteiger partial charge in [0.2, 0.25) is 5.82 Å². The molecule has 4 rings (SSSR count). The van der Waals surface area contributed by atoms with Crippen molar-refractivity contribution < 1.29 is 14.0 Å². The van der Waals surface area contributed by atoms with Gasteiger partial charge in [0.05, 0.1) is 11.7 Å². The van der Waals surface area contributed by atoms with Crippen molar-refractivity contribution in [2.24, 2.45) is 0 Å². The lowest BCUT2D eigenvalue weighted by molar-refractivity contribution is -0.0838. The normalized spacial score (nSPS) is 20.5. The Bertz CT molecular complexity index is 871. The number of rotatable bonds is 5. The number of morpholine rings is 1. The number of likely N-dealkylation sites (N-methyl/N-ethyl adjacent to an activating group) is 1. The largest absolute Gasteiger partial charge is 0.488 e. The second kappa shape index (κ2) is 7.90. The Balaban J connectivity index is 1.53. The van der Waals surface area contributed by atoms with Gasteiger partial charge in [-0.3, -0.25) is 0 Å². The number of aromatic nitrogens is 2. The third kappa shape index (κ3) is 4.18. The molecule has 6 nitrogen and oxygen atoms in total. The van der Waals surface area contributed by atoms with Crippen LogP contribution in [0, 0.1) is 0 Å². The Labute approximate surface area is 158 Å². The predicted octanol–water partition coefficient (Wildman–Crippen LogP) is 3.71. The van der Waals surface area contributed by atoms with E-state index in [2.05, 4.69) is 22.1 Å². The van der Waals surface area contributed by atoms with E-state index in [1.165, 1.54) is 0 Å². The first-order valence-electron chi connectivity index (χ1n) is 9.13. The van der Waals surface area contributed by atoms with Crippen LogP contribution in [0.15, 0.2) is 59.1 Å². The van der Waals surface area contributed by atoms with Gasteiger partial charge < -0.3 is 18.9 Å². The second-order valence-corrected chi connectivity index (χ2v) is 6.88. The topological polar surface area (TPSA) is 60.6 Å². The molecule has 0 unspecified atom stereocenters. The molecule has 2 aromatic carbocycles. The highest BCUT2D eigenvalue weighted by Gasteiger charge is 2.29. The van der Waals surface area contributed by atoms with E-state index in [-0.39, 0.29) is 12.2 Å². The molecule has 0 bridgehead atoms. The van der Waals surface area contributed by atoms with E-state index in [9.17, 15) is 0 Å². The lowest BCUT2D eigenvalue weighted by Crippen LogP contribution is -2.40. The van der Waals surface area contributed by atoms with E-state index in [4.69, 9.17) is 14.0 Å². The molecule has 0 saturated carbocycles. The van der Waals surface area contributed by atoms with Crippen molar-refractivity contribution in [3.05, 3.63) is 66.1 Å². The zero-order chi connectivity index (χ0) is 18.6. The Morgan fingerprint density at radius 3 is 2.67 bits per heavy atom. The van der Waals surface area contributed by atoms with Crippen molar-refractivity contribution in [1.29, 1.82) is 0 Å². The second-order valence-electron chi connectivity index (χ2n) is 6.88. The molecule has 27 heavy (non-hydrogen) atoms. The van der Waals surface area contributed by atoms with Crippen LogP contribution in [0.4, 0.5) is 0 Å². The van der Waals surface area contributed by atoms with Gasteiger partial charge in [0.1, 0.15) is 18.5 Å². The SMILES string of the molecule is C[C@@H]1CN(C)C[C@H](c2nc(-c3ccccc3OCc3ccccc3)no2)O1. The zero-order valence-electron chi connectivity index (χ0n) is 15.5. The van der Waals surface area contributed by atoms with E-state index >= 15 is 0 Å². The van der Waals surface area contributed by atoms with E-state index in [1.54, 1.807) is 0 Å². The fourth-order valence-corrected chi connectivity index (χ4v) is 3.29. The van der Waals surface area contributed by atoms with Crippen LogP contribution in [0.5, 0.6) is 5.75 Å². The minimum Gasteiger partial charge on any atom is -0.488 e. The number of ether oxygens (including phenoxy) is 2. The monoisotopic (exact) mass is 365 g/mol. The first-order valence-corrected chi connectivity index (χ1v) is 9.13. The molecule has 1 saturated heterocycles. The summed E-state index contributed by atoms with van der Waals surface area (Å²) in [5.74, 6) is 1.74. The van der Waals surface area contributed by atoms with Crippen LogP contribution in [0.1, 0.15) is 24.5 Å². The molecule has 0 aliphatic carbocycles. The highest BCUT2D eigenvalue weighted by molar-refractivity contribution is 5.63. The summed E-state index contributed by atoms with van der Waals surface area (Å²) in [6, 6.07) is 17.8. The maximum absolute atomic E-state index is 6.01. The molecule has 0 amide bonds. The molecule has 0 spiro atoms. The van der Waals surface area contributed by atoms with E-state index in [1.807, 2.05) is 61.5 Å². The maximum atomic E-state index is 6.01. The lowest BCUT2D eigenvalue weighted by Gasteiger charge is -2.32. The molecule has 6 heteroatoms. The summed E-state index contributed by atoms with van der Waals surface area (Å²) in [4.78, 5) is 6.79. The van der Waals surface area contributed by atoms with Crippen LogP contribution in [-0.4, -0.2) is 41.3 Å². The van der Waals surface area contributed by atoms with Crippen molar-refractivity contribution >= 4 is 0 Å². The average molecular weight is 365 g/mol. The number of benzene rings is 2. The molecule has 140 valence electrons. The third-order valence-corrected chi connectivity index (χ3v) is 4.53. The lowest BCUT2D eigenvalue weighted by atomic mass is 10.2. The summed E-state index contributed by atoms with van der Waals surface area (Å²) in [6.45, 7) is 4.16. The van der Waals surface area contributed by atoms with Crippen LogP contribution >= 0.6 is 0 Å². The van der Waals surface area contributed by atoms with Gasteiger partial charge >= 0.3 is 0 Å². The number of para-hydroxylation sites is 1. The molecule has 1 aromatic heterocycles. The summed E-state index contributed by atoms with van der Waals surface area (Å²) in [6.07, 6.45) is -0.0806. The minimum absolute atomic E-state index is 0.130. The van der Waals surface area contributed by atoms with Crippen LogP contribution in [-0.2, 0) is 11.3 Å². The summed E-state index contributed by atoms with van der Waals surface area (Å²) in [7, 11) is 2.07. The molecule has 1 aliphatic heterocycles. The highest BCUT2D eigenvalue weighted by atomic mass is 16.5. The van der Waals surface area contributed by atoms with Crippen LogP contribution < -0.4 is 4.74 Å². The predicted molar refractivity (Wildman–Crippen MR) is 101 cm³/mol. The van der Waals surface area contributed by atoms with Gasteiger partial charge in [-0.05, 0) is 31.7 Å². The smallest absolute Gasteiger partial charge is 0.257 e. The Morgan fingerprint density at radius 2 is 1.85 bits per heavy atom. The summed E-state index contributed by atoms with van der Waals surface area (Å²) in [5.41, 5.74) is 1.91. The van der Waals surface area contributed by atoms with Crippen molar-refractivity contribution in [2.45, 2.75) is 25.7 Å². The van der Waals surface area contributed by atoms with Gasteiger partial charge in [-0.15, -0.1) is 0 Å². The maximum Gasteiger partial charge on any atom is 0.257 e. The van der Waals surface area contributed by atoms with Crippen molar-refractivity contribution in [3.63, 3.8) is 0 Å². The Morgan fingerprint density at radius 1 is 1.07 bits per heavy atom. The van der Waals surface area contributed by atoms with E-state index < -0.39 is 0 Å². The minimum atomic E-state index is -0.211. The molecule has 3 aromatic rings. The van der Waals surface area contributed by atoms with Gasteiger partial charge in [0.25, 0.3) is 5.89 Å². The van der Waals surface area contributed by atoms with Gasteiger partial charge in [0, 0.05) is 13.1 Å². The third-order valence-electron chi connectivity index (χ3n) is 4.53. The molecule has 2 heterocycles. The molecule has 1 fully saturated rings. The number of hydrogen-bond acceptors (Lipinski definition) is 6. The van der Waals surface area contributed by atoms with Gasteiger partial charge in [-0.1, -0.05) is 47.6 Å². The van der Waals surface area contributed by atoms with E-state index in [0.29, 0.717) is 18.3 Å². The zero-order valence-corrected chi connectivity index (χ0v) is 15.5. The molecule has 0 radical (unpaired) electrons. The van der Waals surface area contributed by atoms with Gasteiger partial charge in [-0.2, -0.15) is 4.98 Å². The number of hydrogen-bond donors (Lipinski definition) is 0. The van der Waals surface area contributed by atoms with Crippen LogP contribution in [0.25, 0.3) is 11.4 Å². The summed E-state index contributed by atoms with van der Waals surface area (Å²) in [5, 5.41) is 4.16. The van der Waals surface area contributed by atoms with Crippen molar-refractivity contribution in [1.82, 2.24) is 15.0 Å². The van der Waals surface area contributed by atoms with Gasteiger partial charge in [-0.25, -0.2) is 0 Å². The molecule has 1 aliphatic rings. The molecular weight excluding hydrogens is 342 g/mol. The molecular formula is C21H23N3O3.